The van der Waals surface area contributed by atoms with E-state index in [4.69, 9.17) is 0 Å². The van der Waals surface area contributed by atoms with E-state index in [2.05, 4.69) is 34.3 Å². The van der Waals surface area contributed by atoms with Crippen LogP contribution in [0.2, 0.25) is 0 Å². The highest BCUT2D eigenvalue weighted by Crippen LogP contribution is 2.38. The standard InChI is InChI=1S/C27H35FN4O2/c1-29-25(33)24-20-32(16-15-31(24)19-21-7-4-3-5-8-21)26(34)27(11-13-30(2)14-12-27)18-22-9-6-10-23(28)17-22/h3-10,17,24H,11-16,18-20H2,1-2H3,(H,29,33)/t24-/m1/s1. The van der Waals surface area contributed by atoms with Crippen LogP contribution in [0.3, 0.4) is 0 Å². The number of nitrogens with zero attached hydrogens (tertiary/aromatic N) is 3. The van der Waals surface area contributed by atoms with Crippen molar-refractivity contribution >= 4 is 11.8 Å². The van der Waals surface area contributed by atoms with Crippen molar-refractivity contribution in [1.29, 1.82) is 0 Å². The molecule has 0 aromatic heterocycles. The summed E-state index contributed by atoms with van der Waals surface area (Å²) in [5, 5.41) is 2.78. The quantitative estimate of drug-likeness (QED) is 0.711. The van der Waals surface area contributed by atoms with E-state index in [-0.39, 0.29) is 17.6 Å². The summed E-state index contributed by atoms with van der Waals surface area (Å²) in [6.07, 6.45) is 1.98. The molecular formula is C27H35FN4O2. The first-order valence-electron chi connectivity index (χ1n) is 12.1. The van der Waals surface area contributed by atoms with Gasteiger partial charge in [0.2, 0.25) is 11.8 Å². The Balaban J connectivity index is 1.54. The van der Waals surface area contributed by atoms with Gasteiger partial charge in [-0.2, -0.15) is 0 Å². The van der Waals surface area contributed by atoms with E-state index in [0.717, 1.165) is 37.1 Å². The number of hydrogen-bond donors (Lipinski definition) is 1. The van der Waals surface area contributed by atoms with Gasteiger partial charge in [-0.15, -0.1) is 0 Å². The van der Waals surface area contributed by atoms with E-state index >= 15 is 0 Å². The molecule has 2 amide bonds. The van der Waals surface area contributed by atoms with Crippen molar-refractivity contribution in [3.63, 3.8) is 0 Å². The van der Waals surface area contributed by atoms with Crippen molar-refractivity contribution in [3.8, 4) is 0 Å². The number of likely N-dealkylation sites (N-methyl/N-ethyl adjacent to an activating group) is 1. The molecule has 2 saturated heterocycles. The van der Waals surface area contributed by atoms with Gasteiger partial charge in [0.15, 0.2) is 0 Å². The summed E-state index contributed by atoms with van der Waals surface area (Å²) in [5.74, 6) is -0.253. The average molecular weight is 467 g/mol. The smallest absolute Gasteiger partial charge is 0.238 e. The Kier molecular flexibility index (Phi) is 7.63. The molecule has 0 spiro atoms. The summed E-state index contributed by atoms with van der Waals surface area (Å²) in [6, 6.07) is 16.3. The van der Waals surface area contributed by atoms with E-state index in [0.29, 0.717) is 32.6 Å². The molecule has 34 heavy (non-hydrogen) atoms. The number of carbonyl (C=O) groups excluding carboxylic acids is 2. The molecule has 2 fully saturated rings. The fraction of sp³-hybridized carbons (Fsp3) is 0.481. The molecule has 0 unspecified atom stereocenters. The maximum atomic E-state index is 14.1. The van der Waals surface area contributed by atoms with Gasteiger partial charge in [-0.05, 0) is 62.7 Å². The summed E-state index contributed by atoms with van der Waals surface area (Å²) in [5.41, 5.74) is 1.42. The van der Waals surface area contributed by atoms with Crippen LogP contribution in [0.4, 0.5) is 4.39 Å². The number of carbonyl (C=O) groups is 2. The topological polar surface area (TPSA) is 55.9 Å². The summed E-state index contributed by atoms with van der Waals surface area (Å²) < 4.78 is 13.9. The minimum atomic E-state index is -0.574. The van der Waals surface area contributed by atoms with Gasteiger partial charge < -0.3 is 15.1 Å². The molecule has 2 aromatic carbocycles. The van der Waals surface area contributed by atoms with Crippen molar-refractivity contribution < 1.29 is 14.0 Å². The predicted octanol–water partition coefficient (Wildman–Crippen LogP) is 2.54. The number of benzene rings is 2. The molecule has 7 heteroatoms. The minimum absolute atomic E-state index is 0.0732. The maximum Gasteiger partial charge on any atom is 0.238 e. The molecular weight excluding hydrogens is 431 g/mol. The first-order chi connectivity index (χ1) is 16.4. The normalized spacial score (nSPS) is 21.3. The van der Waals surface area contributed by atoms with Crippen LogP contribution in [0.15, 0.2) is 54.6 Å². The number of rotatable bonds is 6. The van der Waals surface area contributed by atoms with Crippen LogP contribution in [0.1, 0.15) is 24.0 Å². The van der Waals surface area contributed by atoms with Crippen molar-refractivity contribution in [2.45, 2.75) is 31.8 Å². The van der Waals surface area contributed by atoms with Crippen LogP contribution in [-0.4, -0.2) is 79.4 Å². The Bertz CT molecular complexity index is 991. The van der Waals surface area contributed by atoms with Gasteiger partial charge in [-0.1, -0.05) is 42.5 Å². The lowest BCUT2D eigenvalue weighted by molar-refractivity contribution is -0.150. The number of halogens is 1. The van der Waals surface area contributed by atoms with Crippen molar-refractivity contribution in [1.82, 2.24) is 20.0 Å². The molecule has 0 aliphatic carbocycles. The van der Waals surface area contributed by atoms with Crippen LogP contribution in [-0.2, 0) is 22.6 Å². The van der Waals surface area contributed by atoms with Gasteiger partial charge in [0.1, 0.15) is 11.9 Å². The third-order valence-electron chi connectivity index (χ3n) is 7.39. The Morgan fingerprint density at radius 1 is 1.00 bits per heavy atom. The van der Waals surface area contributed by atoms with Gasteiger partial charge in [0, 0.05) is 33.2 Å². The van der Waals surface area contributed by atoms with Crippen LogP contribution < -0.4 is 5.32 Å². The predicted molar refractivity (Wildman–Crippen MR) is 131 cm³/mol. The summed E-state index contributed by atoms with van der Waals surface area (Å²) in [6.45, 7) is 3.91. The van der Waals surface area contributed by atoms with E-state index in [9.17, 15) is 14.0 Å². The molecule has 2 aliphatic rings. The molecule has 2 heterocycles. The lowest BCUT2D eigenvalue weighted by atomic mass is 9.72. The van der Waals surface area contributed by atoms with E-state index in [1.165, 1.54) is 6.07 Å². The Labute approximate surface area is 201 Å². The number of piperidine rings is 1. The minimum Gasteiger partial charge on any atom is -0.358 e. The second-order valence-electron chi connectivity index (χ2n) is 9.73. The average Bonchev–Trinajstić information content (AvgIpc) is 2.85. The monoisotopic (exact) mass is 466 g/mol. The maximum absolute atomic E-state index is 14.1. The molecule has 182 valence electrons. The van der Waals surface area contributed by atoms with E-state index < -0.39 is 11.5 Å². The largest absolute Gasteiger partial charge is 0.358 e. The highest BCUT2D eigenvalue weighted by molar-refractivity contribution is 5.86. The molecule has 0 bridgehead atoms. The van der Waals surface area contributed by atoms with Crippen molar-refractivity contribution in [3.05, 3.63) is 71.5 Å². The molecule has 6 nitrogen and oxygen atoms in total. The Morgan fingerprint density at radius 3 is 2.38 bits per heavy atom. The summed E-state index contributed by atoms with van der Waals surface area (Å²) in [4.78, 5) is 33.2. The van der Waals surface area contributed by atoms with Crippen molar-refractivity contribution in [2.75, 3.05) is 46.8 Å². The number of hydrogen-bond acceptors (Lipinski definition) is 4. The van der Waals surface area contributed by atoms with Crippen LogP contribution >= 0.6 is 0 Å². The summed E-state index contributed by atoms with van der Waals surface area (Å²) in [7, 11) is 3.72. The van der Waals surface area contributed by atoms with Crippen LogP contribution in [0, 0.1) is 11.2 Å². The zero-order chi connectivity index (χ0) is 24.1. The number of nitrogens with one attached hydrogen (secondary N) is 1. The van der Waals surface area contributed by atoms with Gasteiger partial charge >= 0.3 is 0 Å². The molecule has 0 radical (unpaired) electrons. The lowest BCUT2D eigenvalue weighted by Crippen LogP contribution is -2.62. The van der Waals surface area contributed by atoms with E-state index in [1.54, 1.807) is 19.2 Å². The Morgan fingerprint density at radius 2 is 1.71 bits per heavy atom. The third kappa shape index (κ3) is 5.47. The zero-order valence-electron chi connectivity index (χ0n) is 20.2. The van der Waals surface area contributed by atoms with Gasteiger partial charge in [-0.25, -0.2) is 4.39 Å². The molecule has 2 aliphatic heterocycles. The fourth-order valence-corrected chi connectivity index (χ4v) is 5.31. The van der Waals surface area contributed by atoms with Crippen LogP contribution in [0.5, 0.6) is 0 Å². The van der Waals surface area contributed by atoms with E-state index in [1.807, 2.05) is 29.2 Å². The SMILES string of the molecule is CNC(=O)[C@H]1CN(C(=O)C2(Cc3cccc(F)c3)CCN(C)CC2)CCN1Cc1ccccc1. The highest BCUT2D eigenvalue weighted by Gasteiger charge is 2.45. The molecule has 2 aromatic rings. The first kappa shape index (κ1) is 24.4. The first-order valence-corrected chi connectivity index (χ1v) is 12.1. The van der Waals surface area contributed by atoms with Crippen LogP contribution in [0.25, 0.3) is 0 Å². The molecule has 1 atom stereocenters. The summed E-state index contributed by atoms with van der Waals surface area (Å²) >= 11 is 0. The van der Waals surface area contributed by atoms with Crippen molar-refractivity contribution in [2.24, 2.45) is 5.41 Å². The second kappa shape index (κ2) is 10.7. The fourth-order valence-electron chi connectivity index (χ4n) is 5.31. The van der Waals surface area contributed by atoms with Gasteiger partial charge in [0.25, 0.3) is 0 Å². The number of likely N-dealkylation sites (tertiary alicyclic amines) is 1. The third-order valence-corrected chi connectivity index (χ3v) is 7.39. The lowest BCUT2D eigenvalue weighted by Gasteiger charge is -2.46. The molecule has 1 N–H and O–H groups in total. The highest BCUT2D eigenvalue weighted by atomic mass is 19.1. The molecule has 0 saturated carbocycles. The molecule has 4 rings (SSSR count). The number of piperazine rings is 1. The van der Waals surface area contributed by atoms with Gasteiger partial charge in [-0.3, -0.25) is 14.5 Å². The Hall–Kier alpha value is -2.77. The number of amides is 2. The zero-order valence-corrected chi connectivity index (χ0v) is 20.2. The second-order valence-corrected chi connectivity index (χ2v) is 9.73. The van der Waals surface area contributed by atoms with Gasteiger partial charge in [0.05, 0.1) is 5.41 Å².